The maximum atomic E-state index is 11.9. The van der Waals surface area contributed by atoms with Gasteiger partial charge in [0.1, 0.15) is 5.58 Å². The molecule has 3 aromatic rings. The fourth-order valence-electron chi connectivity index (χ4n) is 3.10. The molecule has 0 unspecified atom stereocenters. The molecule has 21 heavy (non-hydrogen) atoms. The second-order valence-corrected chi connectivity index (χ2v) is 5.33. The molecular weight excluding hydrogens is 262 g/mol. The minimum atomic E-state index is -0.299. The molecule has 0 N–H and O–H groups in total. The van der Waals surface area contributed by atoms with Crippen LogP contribution in [0.3, 0.4) is 0 Å². The second kappa shape index (κ2) is 4.77. The van der Waals surface area contributed by atoms with Crippen LogP contribution >= 0.6 is 0 Å². The van der Waals surface area contributed by atoms with Crippen LogP contribution in [0.1, 0.15) is 12.0 Å². The monoisotopic (exact) mass is 277 g/mol. The largest absolute Gasteiger partial charge is 0.423 e. The summed E-state index contributed by atoms with van der Waals surface area (Å²) in [6, 6.07) is 17.7. The first-order valence-corrected chi connectivity index (χ1v) is 7.21. The summed E-state index contributed by atoms with van der Waals surface area (Å²) in [4.78, 5) is 14.1. The van der Waals surface area contributed by atoms with Gasteiger partial charge in [-0.25, -0.2) is 4.79 Å². The number of benzene rings is 2. The Bertz CT molecular complexity index is 866. The molecule has 0 saturated heterocycles. The van der Waals surface area contributed by atoms with E-state index in [2.05, 4.69) is 23.1 Å². The number of para-hydroxylation sites is 2. The summed E-state index contributed by atoms with van der Waals surface area (Å²) in [7, 11) is 0. The lowest BCUT2D eigenvalue weighted by molar-refractivity contribution is 0.560. The Morgan fingerprint density at radius 3 is 2.71 bits per heavy atom. The standard InChI is InChI=1S/C18H15NO2/c20-18-12-16(14-8-2-4-10-17(14)21-18)19-11-5-7-13-6-1-3-9-15(13)19/h1-4,6,8-10,12H,5,7,11H2. The summed E-state index contributed by atoms with van der Waals surface area (Å²) in [6.07, 6.45) is 2.18. The van der Waals surface area contributed by atoms with Crippen molar-refractivity contribution in [1.29, 1.82) is 0 Å². The van der Waals surface area contributed by atoms with Crippen molar-refractivity contribution in [2.24, 2.45) is 0 Å². The molecule has 0 atom stereocenters. The van der Waals surface area contributed by atoms with E-state index >= 15 is 0 Å². The van der Waals surface area contributed by atoms with Gasteiger partial charge < -0.3 is 9.32 Å². The number of fused-ring (bicyclic) bond motifs is 2. The zero-order chi connectivity index (χ0) is 14.2. The highest BCUT2D eigenvalue weighted by Gasteiger charge is 2.20. The van der Waals surface area contributed by atoms with E-state index in [1.54, 1.807) is 6.07 Å². The molecular formula is C18H15NO2. The molecule has 0 amide bonds. The summed E-state index contributed by atoms with van der Waals surface area (Å²) in [6.45, 7) is 0.921. The van der Waals surface area contributed by atoms with E-state index in [0.29, 0.717) is 5.58 Å². The van der Waals surface area contributed by atoms with Gasteiger partial charge in [0.2, 0.25) is 0 Å². The van der Waals surface area contributed by atoms with Crippen LogP contribution < -0.4 is 10.5 Å². The third kappa shape index (κ3) is 2.02. The zero-order valence-electron chi connectivity index (χ0n) is 11.6. The van der Waals surface area contributed by atoms with Crippen LogP contribution in [0.5, 0.6) is 0 Å². The van der Waals surface area contributed by atoms with Crippen LogP contribution in [0.25, 0.3) is 11.0 Å². The molecule has 0 saturated carbocycles. The lowest BCUT2D eigenvalue weighted by atomic mass is 10.0. The van der Waals surface area contributed by atoms with Crippen molar-refractivity contribution in [2.45, 2.75) is 12.8 Å². The van der Waals surface area contributed by atoms with Crippen molar-refractivity contribution in [3.05, 3.63) is 70.6 Å². The van der Waals surface area contributed by atoms with E-state index in [1.807, 2.05) is 30.3 Å². The third-order valence-electron chi connectivity index (χ3n) is 4.03. The topological polar surface area (TPSA) is 33.5 Å². The van der Waals surface area contributed by atoms with Crippen LogP contribution in [-0.2, 0) is 6.42 Å². The molecule has 3 heteroatoms. The molecule has 0 bridgehead atoms. The number of nitrogens with zero attached hydrogens (tertiary/aromatic N) is 1. The van der Waals surface area contributed by atoms with Crippen molar-refractivity contribution in [3.8, 4) is 0 Å². The lowest BCUT2D eigenvalue weighted by Crippen LogP contribution is -2.25. The Balaban J connectivity index is 1.98. The summed E-state index contributed by atoms with van der Waals surface area (Å²) >= 11 is 0. The smallest absolute Gasteiger partial charge is 0.338 e. The van der Waals surface area contributed by atoms with Gasteiger partial charge in [0.05, 0.1) is 5.69 Å². The first kappa shape index (κ1) is 12.2. The van der Waals surface area contributed by atoms with Crippen LogP contribution in [0.4, 0.5) is 11.4 Å². The highest BCUT2D eigenvalue weighted by molar-refractivity contribution is 5.92. The molecule has 2 aromatic carbocycles. The lowest BCUT2D eigenvalue weighted by Gasteiger charge is -2.31. The highest BCUT2D eigenvalue weighted by Crippen LogP contribution is 2.36. The van der Waals surface area contributed by atoms with Gasteiger partial charge >= 0.3 is 5.63 Å². The Kier molecular flexibility index (Phi) is 2.78. The Morgan fingerprint density at radius 1 is 0.952 bits per heavy atom. The first-order chi connectivity index (χ1) is 10.3. The SMILES string of the molecule is O=c1cc(N2CCCc3ccccc32)c2ccccc2o1. The molecule has 2 heterocycles. The normalized spacial score (nSPS) is 14.2. The van der Waals surface area contributed by atoms with Crippen LogP contribution in [-0.4, -0.2) is 6.54 Å². The second-order valence-electron chi connectivity index (χ2n) is 5.33. The first-order valence-electron chi connectivity index (χ1n) is 7.21. The predicted octanol–water partition coefficient (Wildman–Crippen LogP) is 3.88. The van der Waals surface area contributed by atoms with Crippen molar-refractivity contribution in [1.82, 2.24) is 0 Å². The van der Waals surface area contributed by atoms with Gasteiger partial charge in [0.25, 0.3) is 0 Å². The summed E-state index contributed by atoms with van der Waals surface area (Å²) in [5.41, 5.74) is 3.81. The number of hydrogen-bond donors (Lipinski definition) is 0. The van der Waals surface area contributed by atoms with E-state index in [0.717, 1.165) is 30.5 Å². The van der Waals surface area contributed by atoms with Gasteiger partial charge in [0, 0.05) is 23.7 Å². The fourth-order valence-corrected chi connectivity index (χ4v) is 3.10. The zero-order valence-corrected chi connectivity index (χ0v) is 11.6. The van der Waals surface area contributed by atoms with Crippen molar-refractivity contribution in [3.63, 3.8) is 0 Å². The minimum absolute atomic E-state index is 0.299. The van der Waals surface area contributed by atoms with Gasteiger partial charge in [0.15, 0.2) is 0 Å². The van der Waals surface area contributed by atoms with Crippen LogP contribution in [0, 0.1) is 0 Å². The van der Waals surface area contributed by atoms with Crippen molar-refractivity contribution >= 4 is 22.3 Å². The molecule has 4 rings (SSSR count). The summed E-state index contributed by atoms with van der Waals surface area (Å²) in [5, 5.41) is 0.980. The molecule has 104 valence electrons. The van der Waals surface area contributed by atoms with E-state index < -0.39 is 0 Å². The molecule has 1 aromatic heterocycles. The number of rotatable bonds is 1. The highest BCUT2D eigenvalue weighted by atomic mass is 16.4. The van der Waals surface area contributed by atoms with Crippen molar-refractivity contribution < 1.29 is 4.42 Å². The van der Waals surface area contributed by atoms with E-state index in [4.69, 9.17) is 4.42 Å². The third-order valence-corrected chi connectivity index (χ3v) is 4.03. The van der Waals surface area contributed by atoms with Gasteiger partial charge in [-0.2, -0.15) is 0 Å². The average Bonchev–Trinajstić information content (AvgIpc) is 2.53. The van der Waals surface area contributed by atoms with E-state index in [1.165, 1.54) is 11.3 Å². The molecule has 0 spiro atoms. The van der Waals surface area contributed by atoms with E-state index in [-0.39, 0.29) is 5.63 Å². The van der Waals surface area contributed by atoms with Crippen LogP contribution in [0.15, 0.2) is 63.8 Å². The Morgan fingerprint density at radius 2 is 1.76 bits per heavy atom. The molecule has 0 radical (unpaired) electrons. The van der Waals surface area contributed by atoms with Gasteiger partial charge in [-0.05, 0) is 36.6 Å². The molecule has 0 aliphatic carbocycles. The van der Waals surface area contributed by atoms with Crippen LogP contribution in [0.2, 0.25) is 0 Å². The molecule has 0 fully saturated rings. The Hall–Kier alpha value is -2.55. The average molecular weight is 277 g/mol. The molecule has 1 aliphatic heterocycles. The van der Waals surface area contributed by atoms with Gasteiger partial charge in [-0.15, -0.1) is 0 Å². The fraction of sp³-hybridized carbons (Fsp3) is 0.167. The predicted molar refractivity (Wildman–Crippen MR) is 84.3 cm³/mol. The number of aryl methyl sites for hydroxylation is 1. The maximum Gasteiger partial charge on any atom is 0.338 e. The maximum absolute atomic E-state index is 11.9. The van der Waals surface area contributed by atoms with E-state index in [9.17, 15) is 4.79 Å². The summed E-state index contributed by atoms with van der Waals surface area (Å²) < 4.78 is 5.30. The molecule has 3 nitrogen and oxygen atoms in total. The van der Waals surface area contributed by atoms with Crippen molar-refractivity contribution in [2.75, 3.05) is 11.4 Å². The minimum Gasteiger partial charge on any atom is -0.423 e. The Labute approximate surface area is 122 Å². The number of hydrogen-bond acceptors (Lipinski definition) is 3. The van der Waals surface area contributed by atoms with Gasteiger partial charge in [-0.3, -0.25) is 0 Å². The molecule has 1 aliphatic rings. The number of anilines is 2. The quantitative estimate of drug-likeness (QED) is 0.633. The van der Waals surface area contributed by atoms with Gasteiger partial charge in [-0.1, -0.05) is 30.3 Å². The summed E-state index contributed by atoms with van der Waals surface area (Å²) in [5.74, 6) is 0.